The highest BCUT2D eigenvalue weighted by atomic mass is 19.4. The Morgan fingerprint density at radius 2 is 1.68 bits per heavy atom. The number of benzene rings is 2. The highest BCUT2D eigenvalue weighted by Gasteiger charge is 2.41. The van der Waals surface area contributed by atoms with Crippen molar-refractivity contribution < 1.29 is 36.6 Å². The molecule has 0 bridgehead atoms. The fraction of sp³-hybridized carbons (Fsp3) is 0.594. The summed E-state index contributed by atoms with van der Waals surface area (Å²) in [5.74, 6) is -0.878. The molecular formula is C32H40F4O4. The highest BCUT2D eigenvalue weighted by Crippen LogP contribution is 2.40. The molecule has 8 heteroatoms. The van der Waals surface area contributed by atoms with Gasteiger partial charge >= 0.3 is 12.1 Å². The Labute approximate surface area is 234 Å². The maximum Gasteiger partial charge on any atom is 0.420 e. The topological polar surface area (TPSA) is 44.8 Å². The standard InChI is InChI=1S/C32H40F4O4/c1-3-5-19-38-24-13-11-22(12-14-24)26-16-17-27(29(30(26)33)32(34,35)36)31(37)40-25-15-18-28(39-20-25)23-9-7-21(6-4-2)8-10-23/h11-14,16-17,21,23,25,28H,3-10,15,18-20H2,1-2H3. The number of alkyl halides is 3. The molecule has 1 aliphatic heterocycles. The van der Waals surface area contributed by atoms with Crippen LogP contribution in [-0.4, -0.2) is 31.4 Å². The van der Waals surface area contributed by atoms with Crippen molar-refractivity contribution in [1.82, 2.24) is 0 Å². The van der Waals surface area contributed by atoms with Gasteiger partial charge in [-0.2, -0.15) is 13.2 Å². The molecule has 0 aromatic heterocycles. The normalized spacial score (nSPS) is 23.6. The third-order valence-corrected chi connectivity index (χ3v) is 8.23. The number of hydrogen-bond acceptors (Lipinski definition) is 4. The Morgan fingerprint density at radius 3 is 2.27 bits per heavy atom. The van der Waals surface area contributed by atoms with E-state index in [1.165, 1.54) is 43.9 Å². The van der Waals surface area contributed by atoms with Gasteiger partial charge in [0, 0.05) is 5.56 Å². The van der Waals surface area contributed by atoms with Crippen LogP contribution in [-0.2, 0) is 15.7 Å². The molecule has 0 radical (unpaired) electrons. The van der Waals surface area contributed by atoms with E-state index < -0.39 is 35.2 Å². The van der Waals surface area contributed by atoms with Crippen molar-refractivity contribution >= 4 is 5.97 Å². The molecule has 2 aliphatic rings. The molecule has 4 nitrogen and oxygen atoms in total. The van der Waals surface area contributed by atoms with Crippen LogP contribution in [0, 0.1) is 17.7 Å². The SMILES string of the molecule is CCCCOc1ccc(-c2ccc(C(=O)OC3CCC(C4CCC(CCC)CC4)OC3)c(C(F)(F)F)c2F)cc1. The number of unbranched alkanes of at least 4 members (excludes halogenated alkanes) is 1. The zero-order chi connectivity index (χ0) is 28.7. The van der Waals surface area contributed by atoms with E-state index in [2.05, 4.69) is 6.92 Å². The van der Waals surface area contributed by atoms with Gasteiger partial charge in [-0.3, -0.25) is 0 Å². The number of rotatable bonds is 10. The quantitative estimate of drug-likeness (QED) is 0.164. The molecule has 1 aliphatic carbocycles. The molecule has 40 heavy (non-hydrogen) atoms. The third kappa shape index (κ3) is 7.56. The first-order valence-electron chi connectivity index (χ1n) is 14.7. The Bertz CT molecular complexity index is 1100. The second-order valence-corrected chi connectivity index (χ2v) is 11.1. The maximum absolute atomic E-state index is 15.4. The minimum atomic E-state index is -5.08. The summed E-state index contributed by atoms with van der Waals surface area (Å²) < 4.78 is 74.4. The smallest absolute Gasteiger partial charge is 0.420 e. The minimum Gasteiger partial charge on any atom is -0.494 e. The molecule has 0 spiro atoms. The van der Waals surface area contributed by atoms with Crippen LogP contribution in [0.1, 0.15) is 94.0 Å². The summed E-state index contributed by atoms with van der Waals surface area (Å²) in [5, 5.41) is 0. The molecular weight excluding hydrogens is 524 g/mol. The Hall–Kier alpha value is -2.61. The van der Waals surface area contributed by atoms with Gasteiger partial charge in [0.1, 0.15) is 23.2 Å². The molecule has 2 atom stereocenters. The number of carbonyl (C=O) groups is 1. The van der Waals surface area contributed by atoms with Crippen molar-refractivity contribution in [2.24, 2.45) is 11.8 Å². The van der Waals surface area contributed by atoms with Crippen molar-refractivity contribution in [1.29, 1.82) is 0 Å². The van der Waals surface area contributed by atoms with Crippen LogP contribution < -0.4 is 4.74 Å². The van der Waals surface area contributed by atoms with Crippen molar-refractivity contribution in [3.63, 3.8) is 0 Å². The molecule has 0 amide bonds. The zero-order valence-electron chi connectivity index (χ0n) is 23.4. The highest BCUT2D eigenvalue weighted by molar-refractivity contribution is 5.92. The fourth-order valence-electron chi connectivity index (χ4n) is 6.00. The van der Waals surface area contributed by atoms with Crippen molar-refractivity contribution in [2.75, 3.05) is 13.2 Å². The first-order chi connectivity index (χ1) is 19.2. The molecule has 1 saturated heterocycles. The molecule has 2 aromatic rings. The average molecular weight is 565 g/mol. The van der Waals surface area contributed by atoms with E-state index >= 15 is 4.39 Å². The summed E-state index contributed by atoms with van der Waals surface area (Å²) in [6.45, 7) is 4.90. The lowest BCUT2D eigenvalue weighted by Gasteiger charge is -2.37. The summed E-state index contributed by atoms with van der Waals surface area (Å²) >= 11 is 0. The maximum atomic E-state index is 15.4. The largest absolute Gasteiger partial charge is 0.494 e. The number of carbonyl (C=O) groups excluding carboxylic acids is 1. The molecule has 1 heterocycles. The summed E-state index contributed by atoms with van der Waals surface area (Å²) in [7, 11) is 0. The molecule has 0 N–H and O–H groups in total. The van der Waals surface area contributed by atoms with E-state index in [-0.39, 0.29) is 23.8 Å². The third-order valence-electron chi connectivity index (χ3n) is 8.23. The fourth-order valence-corrected chi connectivity index (χ4v) is 6.00. The molecule has 220 valence electrons. The zero-order valence-corrected chi connectivity index (χ0v) is 23.4. The first-order valence-corrected chi connectivity index (χ1v) is 14.7. The van der Waals surface area contributed by atoms with Crippen molar-refractivity contribution in [3.8, 4) is 16.9 Å². The Morgan fingerprint density at radius 1 is 0.950 bits per heavy atom. The minimum absolute atomic E-state index is 0.0865. The lowest BCUT2D eigenvalue weighted by molar-refractivity contribution is -0.140. The van der Waals surface area contributed by atoms with Gasteiger partial charge in [-0.05, 0) is 67.7 Å². The molecule has 1 saturated carbocycles. The van der Waals surface area contributed by atoms with Gasteiger partial charge < -0.3 is 14.2 Å². The number of esters is 1. The number of halogens is 4. The van der Waals surface area contributed by atoms with E-state index in [9.17, 15) is 18.0 Å². The molecule has 2 unspecified atom stereocenters. The van der Waals surface area contributed by atoms with Crippen LogP contribution in [0.25, 0.3) is 11.1 Å². The summed E-state index contributed by atoms with van der Waals surface area (Å²) in [6.07, 6.45) is 4.50. The monoisotopic (exact) mass is 564 g/mol. The van der Waals surface area contributed by atoms with Crippen molar-refractivity contribution in [3.05, 3.63) is 53.3 Å². The van der Waals surface area contributed by atoms with Gasteiger partial charge in [0.15, 0.2) is 0 Å². The number of hydrogen-bond donors (Lipinski definition) is 0. The number of ether oxygens (including phenoxy) is 3. The molecule has 4 rings (SSSR count). The second-order valence-electron chi connectivity index (χ2n) is 11.1. The van der Waals surface area contributed by atoms with Gasteiger partial charge in [0.2, 0.25) is 0 Å². The van der Waals surface area contributed by atoms with Crippen LogP contribution >= 0.6 is 0 Å². The van der Waals surface area contributed by atoms with Gasteiger partial charge in [0.05, 0.1) is 24.9 Å². The van der Waals surface area contributed by atoms with E-state index in [0.29, 0.717) is 31.1 Å². The first kappa shape index (κ1) is 30.4. The average Bonchev–Trinajstić information content (AvgIpc) is 2.94. The van der Waals surface area contributed by atoms with Gasteiger partial charge in [-0.15, -0.1) is 0 Å². The van der Waals surface area contributed by atoms with E-state index in [1.807, 2.05) is 6.92 Å². The lowest BCUT2D eigenvalue weighted by atomic mass is 9.76. The van der Waals surface area contributed by atoms with E-state index in [4.69, 9.17) is 14.2 Å². The summed E-state index contributed by atoms with van der Waals surface area (Å²) in [4.78, 5) is 12.9. The van der Waals surface area contributed by atoms with Gasteiger partial charge in [0.25, 0.3) is 0 Å². The van der Waals surface area contributed by atoms with Gasteiger partial charge in [-0.1, -0.05) is 64.2 Å². The predicted octanol–water partition coefficient (Wildman–Crippen LogP) is 9.00. The second kappa shape index (κ2) is 13.8. The van der Waals surface area contributed by atoms with Gasteiger partial charge in [-0.25, -0.2) is 9.18 Å². The summed E-state index contributed by atoms with van der Waals surface area (Å²) in [6, 6.07) is 8.38. The van der Waals surface area contributed by atoms with E-state index in [1.54, 1.807) is 12.1 Å². The van der Waals surface area contributed by atoms with Crippen molar-refractivity contribution in [2.45, 2.75) is 96.4 Å². The van der Waals surface area contributed by atoms with Crippen LogP contribution in [0.15, 0.2) is 36.4 Å². The van der Waals surface area contributed by atoms with Crippen LogP contribution in [0.3, 0.4) is 0 Å². The molecule has 2 fully saturated rings. The van der Waals surface area contributed by atoms with E-state index in [0.717, 1.165) is 37.7 Å². The molecule has 2 aromatic carbocycles. The lowest BCUT2D eigenvalue weighted by Crippen LogP contribution is -2.38. The Balaban J connectivity index is 1.41. The summed E-state index contributed by atoms with van der Waals surface area (Å²) in [5.41, 5.74) is -2.44. The van der Waals surface area contributed by atoms with Crippen LogP contribution in [0.4, 0.5) is 17.6 Å². The van der Waals surface area contributed by atoms with Crippen LogP contribution in [0.5, 0.6) is 5.75 Å². The predicted molar refractivity (Wildman–Crippen MR) is 146 cm³/mol. The van der Waals surface area contributed by atoms with Crippen LogP contribution in [0.2, 0.25) is 0 Å². The Kier molecular flexibility index (Phi) is 10.5.